The number of hydrogen-bond donors (Lipinski definition) is 0. The lowest BCUT2D eigenvalue weighted by atomic mass is 10.1. The van der Waals surface area contributed by atoms with Gasteiger partial charge in [-0.15, -0.1) is 0 Å². The van der Waals surface area contributed by atoms with Crippen LogP contribution in [-0.2, 0) is 6.54 Å². The van der Waals surface area contributed by atoms with Crippen LogP contribution in [0.3, 0.4) is 0 Å². The van der Waals surface area contributed by atoms with Crippen molar-refractivity contribution in [3.05, 3.63) is 89.0 Å². The quantitative estimate of drug-likeness (QED) is 0.493. The lowest BCUT2D eigenvalue weighted by Gasteiger charge is -2.15. The van der Waals surface area contributed by atoms with Gasteiger partial charge in [-0.25, -0.2) is 9.37 Å². The van der Waals surface area contributed by atoms with E-state index in [9.17, 15) is 9.18 Å². The number of para-hydroxylation sites is 2. The maximum atomic E-state index is 13.8. The van der Waals surface area contributed by atoms with Gasteiger partial charge in [-0.1, -0.05) is 24.3 Å². The molecule has 1 aromatic heterocycles. The van der Waals surface area contributed by atoms with Gasteiger partial charge in [0, 0.05) is 5.56 Å². The summed E-state index contributed by atoms with van der Waals surface area (Å²) in [5.74, 6) is 0.951. The van der Waals surface area contributed by atoms with Crippen LogP contribution < -0.4 is 15.0 Å². The molecule has 0 aliphatic heterocycles. The van der Waals surface area contributed by atoms with E-state index in [1.54, 1.807) is 42.0 Å². The van der Waals surface area contributed by atoms with E-state index in [1.165, 1.54) is 6.07 Å². The SMILES string of the molecule is COc1ccc(-c2nc3ccccc3c(=O)n2CCOc2ccccc2F)cc1. The lowest BCUT2D eigenvalue weighted by molar-refractivity contribution is 0.283. The zero-order valence-electron chi connectivity index (χ0n) is 15.8. The third-order valence-corrected chi connectivity index (χ3v) is 4.62. The zero-order valence-corrected chi connectivity index (χ0v) is 15.8. The highest BCUT2D eigenvalue weighted by atomic mass is 19.1. The lowest BCUT2D eigenvalue weighted by Crippen LogP contribution is -2.26. The van der Waals surface area contributed by atoms with Crippen molar-refractivity contribution < 1.29 is 13.9 Å². The number of benzene rings is 3. The van der Waals surface area contributed by atoms with Gasteiger partial charge < -0.3 is 9.47 Å². The average molecular weight is 390 g/mol. The van der Waals surface area contributed by atoms with Crippen molar-refractivity contribution in [1.82, 2.24) is 9.55 Å². The summed E-state index contributed by atoms with van der Waals surface area (Å²) in [6.07, 6.45) is 0. The first-order valence-corrected chi connectivity index (χ1v) is 9.19. The summed E-state index contributed by atoms with van der Waals surface area (Å²) in [7, 11) is 1.60. The molecule has 29 heavy (non-hydrogen) atoms. The molecule has 0 amide bonds. The number of halogens is 1. The van der Waals surface area contributed by atoms with Crippen molar-refractivity contribution >= 4 is 10.9 Å². The van der Waals surface area contributed by atoms with Gasteiger partial charge in [0.1, 0.15) is 18.2 Å². The van der Waals surface area contributed by atoms with Crippen LogP contribution in [-0.4, -0.2) is 23.3 Å². The average Bonchev–Trinajstić information content (AvgIpc) is 2.76. The van der Waals surface area contributed by atoms with Gasteiger partial charge in [0.25, 0.3) is 5.56 Å². The van der Waals surface area contributed by atoms with Gasteiger partial charge >= 0.3 is 0 Å². The van der Waals surface area contributed by atoms with Crippen LogP contribution in [0.15, 0.2) is 77.6 Å². The summed E-state index contributed by atoms with van der Waals surface area (Å²) in [6.45, 7) is 0.358. The molecule has 6 heteroatoms. The first kappa shape index (κ1) is 18.7. The Hall–Kier alpha value is -3.67. The summed E-state index contributed by atoms with van der Waals surface area (Å²) in [5.41, 5.74) is 1.23. The Morgan fingerprint density at radius 2 is 1.69 bits per heavy atom. The number of hydrogen-bond acceptors (Lipinski definition) is 4. The second-order valence-corrected chi connectivity index (χ2v) is 6.42. The predicted molar refractivity (Wildman–Crippen MR) is 110 cm³/mol. The Kier molecular flexibility index (Phi) is 5.24. The highest BCUT2D eigenvalue weighted by Gasteiger charge is 2.13. The molecule has 0 aliphatic carbocycles. The summed E-state index contributed by atoms with van der Waals surface area (Å²) >= 11 is 0. The molecule has 1 heterocycles. The highest BCUT2D eigenvalue weighted by Crippen LogP contribution is 2.22. The monoisotopic (exact) mass is 390 g/mol. The van der Waals surface area contributed by atoms with E-state index in [2.05, 4.69) is 0 Å². The Morgan fingerprint density at radius 3 is 2.45 bits per heavy atom. The minimum atomic E-state index is -0.438. The second kappa shape index (κ2) is 8.14. The molecule has 0 spiro atoms. The molecule has 0 bridgehead atoms. The van der Waals surface area contributed by atoms with Crippen LogP contribution in [0.25, 0.3) is 22.3 Å². The third kappa shape index (κ3) is 3.82. The van der Waals surface area contributed by atoms with Crippen LogP contribution >= 0.6 is 0 Å². The van der Waals surface area contributed by atoms with E-state index in [4.69, 9.17) is 14.5 Å². The highest BCUT2D eigenvalue weighted by molar-refractivity contribution is 5.79. The van der Waals surface area contributed by atoms with E-state index in [-0.39, 0.29) is 24.5 Å². The number of rotatable bonds is 6. The Morgan fingerprint density at radius 1 is 0.966 bits per heavy atom. The molecule has 0 unspecified atom stereocenters. The molecule has 0 atom stereocenters. The van der Waals surface area contributed by atoms with E-state index in [0.29, 0.717) is 22.5 Å². The molecule has 4 rings (SSSR count). The number of fused-ring (bicyclic) bond motifs is 1. The Labute approximate surface area is 167 Å². The third-order valence-electron chi connectivity index (χ3n) is 4.62. The molecular formula is C23H19FN2O3. The summed E-state index contributed by atoms with van der Waals surface area (Å²) in [6, 6.07) is 20.7. The summed E-state index contributed by atoms with van der Waals surface area (Å²) in [4.78, 5) is 17.8. The maximum Gasteiger partial charge on any atom is 0.261 e. The van der Waals surface area contributed by atoms with E-state index in [1.807, 2.05) is 36.4 Å². The van der Waals surface area contributed by atoms with Crippen LogP contribution in [0.2, 0.25) is 0 Å². The smallest absolute Gasteiger partial charge is 0.261 e. The van der Waals surface area contributed by atoms with Crippen molar-refractivity contribution in [2.45, 2.75) is 6.54 Å². The molecule has 0 fully saturated rings. The second-order valence-electron chi connectivity index (χ2n) is 6.42. The first-order valence-electron chi connectivity index (χ1n) is 9.19. The summed E-state index contributed by atoms with van der Waals surface area (Å²) in [5, 5.41) is 0.524. The van der Waals surface area contributed by atoms with Crippen molar-refractivity contribution in [1.29, 1.82) is 0 Å². The Bertz CT molecular complexity index is 1200. The van der Waals surface area contributed by atoms with Crippen molar-refractivity contribution in [3.8, 4) is 22.9 Å². The minimum absolute atomic E-state index is 0.129. The van der Waals surface area contributed by atoms with Crippen molar-refractivity contribution in [2.24, 2.45) is 0 Å². The summed E-state index contributed by atoms with van der Waals surface area (Å²) < 4.78 is 26.1. The van der Waals surface area contributed by atoms with E-state index in [0.717, 1.165) is 5.56 Å². The normalized spacial score (nSPS) is 10.8. The van der Waals surface area contributed by atoms with Gasteiger partial charge in [-0.2, -0.15) is 0 Å². The molecule has 4 aromatic rings. The van der Waals surface area contributed by atoms with Gasteiger partial charge in [-0.05, 0) is 48.5 Å². The zero-order chi connectivity index (χ0) is 20.2. The maximum absolute atomic E-state index is 13.8. The van der Waals surface area contributed by atoms with Crippen LogP contribution in [0, 0.1) is 5.82 Å². The fourth-order valence-corrected chi connectivity index (χ4v) is 3.14. The molecule has 146 valence electrons. The van der Waals surface area contributed by atoms with Gasteiger partial charge in [-0.3, -0.25) is 9.36 Å². The first-order chi connectivity index (χ1) is 14.2. The molecule has 0 saturated heterocycles. The van der Waals surface area contributed by atoms with Crippen molar-refractivity contribution in [2.75, 3.05) is 13.7 Å². The topological polar surface area (TPSA) is 53.3 Å². The number of ether oxygens (including phenoxy) is 2. The van der Waals surface area contributed by atoms with Crippen LogP contribution in [0.4, 0.5) is 4.39 Å². The standard InChI is InChI=1S/C23H19FN2O3/c1-28-17-12-10-16(11-13-17)22-25-20-8-4-2-6-18(20)23(27)26(22)14-15-29-21-9-5-3-7-19(21)24/h2-13H,14-15H2,1H3. The largest absolute Gasteiger partial charge is 0.497 e. The molecule has 0 N–H and O–H groups in total. The van der Waals surface area contributed by atoms with E-state index >= 15 is 0 Å². The van der Waals surface area contributed by atoms with Gasteiger partial charge in [0.2, 0.25) is 0 Å². The molecule has 5 nitrogen and oxygen atoms in total. The van der Waals surface area contributed by atoms with Gasteiger partial charge in [0.05, 0.1) is 24.6 Å². The van der Waals surface area contributed by atoms with E-state index < -0.39 is 5.82 Å². The van der Waals surface area contributed by atoms with Crippen LogP contribution in [0.5, 0.6) is 11.5 Å². The Balaban J connectivity index is 1.73. The molecular weight excluding hydrogens is 371 g/mol. The minimum Gasteiger partial charge on any atom is -0.497 e. The molecule has 3 aromatic carbocycles. The van der Waals surface area contributed by atoms with Gasteiger partial charge in [0.15, 0.2) is 11.6 Å². The molecule has 0 saturated carbocycles. The number of nitrogens with zero attached hydrogens (tertiary/aromatic N) is 2. The number of aromatic nitrogens is 2. The number of methoxy groups -OCH3 is 1. The molecule has 0 aliphatic rings. The van der Waals surface area contributed by atoms with Crippen molar-refractivity contribution in [3.63, 3.8) is 0 Å². The molecule has 0 radical (unpaired) electrons. The fraction of sp³-hybridized carbons (Fsp3) is 0.130. The van der Waals surface area contributed by atoms with Crippen LogP contribution in [0.1, 0.15) is 0 Å². The fourth-order valence-electron chi connectivity index (χ4n) is 3.14. The predicted octanol–water partition coefficient (Wildman–Crippen LogP) is 4.29.